The topological polar surface area (TPSA) is 63.4 Å². The lowest BCUT2D eigenvalue weighted by atomic mass is 10.1. The molecule has 0 saturated carbocycles. The monoisotopic (exact) mass is 302 g/mol. The summed E-state index contributed by atoms with van der Waals surface area (Å²) in [5.41, 5.74) is 9.23. The van der Waals surface area contributed by atoms with Crippen LogP contribution >= 0.6 is 0 Å². The molecule has 5 heteroatoms. The molecule has 0 heterocycles. The van der Waals surface area contributed by atoms with Gasteiger partial charge >= 0.3 is 0 Å². The molecule has 0 atom stereocenters. The van der Waals surface area contributed by atoms with E-state index in [1.54, 1.807) is 36.4 Å². The first-order valence-electron chi connectivity index (χ1n) is 6.95. The summed E-state index contributed by atoms with van der Waals surface area (Å²) >= 11 is 0. The maximum absolute atomic E-state index is 12.8. The minimum absolute atomic E-state index is 0.328. The second-order valence-corrected chi connectivity index (χ2v) is 7.28. The highest BCUT2D eigenvalue weighted by Crippen LogP contribution is 2.30. The van der Waals surface area contributed by atoms with Crippen molar-refractivity contribution in [3.63, 3.8) is 0 Å². The van der Waals surface area contributed by atoms with Crippen molar-refractivity contribution in [1.29, 1.82) is 0 Å². The van der Waals surface area contributed by atoms with E-state index in [4.69, 9.17) is 5.73 Å². The summed E-state index contributed by atoms with van der Waals surface area (Å²) in [6.07, 6.45) is 3.09. The predicted octanol–water partition coefficient (Wildman–Crippen LogP) is 2.58. The smallest absolute Gasteiger partial charge is 0.264 e. The van der Waals surface area contributed by atoms with E-state index in [-0.39, 0.29) is 0 Å². The second kappa shape index (κ2) is 5.07. The van der Waals surface area contributed by atoms with Gasteiger partial charge in [-0.3, -0.25) is 4.31 Å². The van der Waals surface area contributed by atoms with Gasteiger partial charge in [0.2, 0.25) is 0 Å². The molecule has 0 spiro atoms. The quantitative estimate of drug-likeness (QED) is 0.886. The Morgan fingerprint density at radius 2 is 1.76 bits per heavy atom. The van der Waals surface area contributed by atoms with Gasteiger partial charge in [0.15, 0.2) is 0 Å². The van der Waals surface area contributed by atoms with Gasteiger partial charge < -0.3 is 5.73 Å². The average molecular weight is 302 g/mol. The third-order valence-corrected chi connectivity index (χ3v) is 5.77. The fourth-order valence-electron chi connectivity index (χ4n) is 2.77. The van der Waals surface area contributed by atoms with Crippen molar-refractivity contribution in [1.82, 2.24) is 0 Å². The second-order valence-electron chi connectivity index (χ2n) is 5.32. The fourth-order valence-corrected chi connectivity index (χ4v) is 4.04. The molecule has 0 unspecified atom stereocenters. The minimum Gasteiger partial charge on any atom is -0.397 e. The number of nitrogen functional groups attached to an aromatic ring is 1. The van der Waals surface area contributed by atoms with Crippen molar-refractivity contribution < 1.29 is 8.42 Å². The highest BCUT2D eigenvalue weighted by Gasteiger charge is 2.24. The van der Waals surface area contributed by atoms with Gasteiger partial charge in [-0.1, -0.05) is 18.2 Å². The molecule has 0 bridgehead atoms. The van der Waals surface area contributed by atoms with Gasteiger partial charge in [-0.05, 0) is 54.7 Å². The van der Waals surface area contributed by atoms with Gasteiger partial charge in [-0.25, -0.2) is 8.42 Å². The van der Waals surface area contributed by atoms with Crippen LogP contribution in [0.2, 0.25) is 0 Å². The lowest BCUT2D eigenvalue weighted by molar-refractivity contribution is 0.594. The summed E-state index contributed by atoms with van der Waals surface area (Å²) < 4.78 is 26.8. The third kappa shape index (κ3) is 2.38. The van der Waals surface area contributed by atoms with Gasteiger partial charge in [-0.2, -0.15) is 0 Å². The van der Waals surface area contributed by atoms with Crippen molar-refractivity contribution in [3.05, 3.63) is 53.6 Å². The summed E-state index contributed by atoms with van der Waals surface area (Å²) in [6, 6.07) is 12.4. The molecule has 2 N–H and O–H groups in total. The van der Waals surface area contributed by atoms with Crippen LogP contribution in [0.15, 0.2) is 47.4 Å². The lowest BCUT2D eigenvalue weighted by Crippen LogP contribution is -2.27. The zero-order valence-corrected chi connectivity index (χ0v) is 12.7. The first-order valence-corrected chi connectivity index (χ1v) is 8.39. The Hall–Kier alpha value is -2.01. The molecule has 3 rings (SSSR count). The van der Waals surface area contributed by atoms with Gasteiger partial charge in [0.1, 0.15) is 0 Å². The van der Waals surface area contributed by atoms with E-state index in [0.717, 1.165) is 24.8 Å². The van der Waals surface area contributed by atoms with Crippen molar-refractivity contribution >= 4 is 21.4 Å². The Bertz CT molecular complexity index is 785. The number of para-hydroxylation sites is 2. The molecule has 2 aromatic rings. The number of benzene rings is 2. The molecule has 4 nitrogen and oxygen atoms in total. The highest BCUT2D eigenvalue weighted by atomic mass is 32.2. The number of fused-ring (bicyclic) bond motifs is 1. The number of hydrogen-bond acceptors (Lipinski definition) is 3. The number of nitrogens with zero attached hydrogens (tertiary/aromatic N) is 1. The zero-order valence-electron chi connectivity index (χ0n) is 11.9. The van der Waals surface area contributed by atoms with Crippen molar-refractivity contribution in [2.24, 2.45) is 0 Å². The minimum atomic E-state index is -3.58. The van der Waals surface area contributed by atoms with Crippen LogP contribution in [0.4, 0.5) is 11.4 Å². The van der Waals surface area contributed by atoms with E-state index in [1.165, 1.54) is 16.9 Å². The predicted molar refractivity (Wildman–Crippen MR) is 84.9 cm³/mol. The summed E-state index contributed by atoms with van der Waals surface area (Å²) in [4.78, 5) is 0.328. The Morgan fingerprint density at radius 1 is 1.05 bits per heavy atom. The number of hydrogen-bond donors (Lipinski definition) is 1. The molecule has 2 aromatic carbocycles. The first-order chi connectivity index (χ1) is 10.00. The number of sulfonamides is 1. The molecular weight excluding hydrogens is 284 g/mol. The van der Waals surface area contributed by atoms with Crippen LogP contribution in [0.25, 0.3) is 0 Å². The van der Waals surface area contributed by atoms with E-state index in [9.17, 15) is 8.42 Å². The number of anilines is 2. The normalized spacial score (nSPS) is 14.0. The molecule has 0 fully saturated rings. The molecule has 0 amide bonds. The van der Waals surface area contributed by atoms with Crippen molar-refractivity contribution in [3.8, 4) is 0 Å². The van der Waals surface area contributed by atoms with Gasteiger partial charge in [0.25, 0.3) is 10.0 Å². The van der Waals surface area contributed by atoms with Crippen molar-refractivity contribution in [2.75, 3.05) is 17.1 Å². The fraction of sp³-hybridized carbons (Fsp3) is 0.250. The summed E-state index contributed by atoms with van der Waals surface area (Å²) in [7, 11) is -2.05. The first kappa shape index (κ1) is 13.9. The Kier molecular flexibility index (Phi) is 3.37. The Morgan fingerprint density at radius 3 is 2.52 bits per heavy atom. The summed E-state index contributed by atoms with van der Waals surface area (Å²) in [5.74, 6) is 0. The van der Waals surface area contributed by atoms with Gasteiger partial charge in [0, 0.05) is 7.05 Å². The Balaban J connectivity index is 2.02. The lowest BCUT2D eigenvalue weighted by Gasteiger charge is -2.21. The van der Waals surface area contributed by atoms with E-state index < -0.39 is 10.0 Å². The maximum atomic E-state index is 12.8. The van der Waals surface area contributed by atoms with E-state index in [1.807, 2.05) is 6.07 Å². The van der Waals surface area contributed by atoms with Crippen LogP contribution in [0.3, 0.4) is 0 Å². The highest BCUT2D eigenvalue weighted by molar-refractivity contribution is 7.92. The van der Waals surface area contributed by atoms with Crippen LogP contribution in [0, 0.1) is 0 Å². The van der Waals surface area contributed by atoms with Crippen LogP contribution in [-0.2, 0) is 22.9 Å². The van der Waals surface area contributed by atoms with Gasteiger partial charge in [-0.15, -0.1) is 0 Å². The molecule has 0 aromatic heterocycles. The average Bonchev–Trinajstić information content (AvgIpc) is 2.94. The van der Waals surface area contributed by atoms with E-state index in [0.29, 0.717) is 16.3 Å². The van der Waals surface area contributed by atoms with Crippen LogP contribution in [0.1, 0.15) is 17.5 Å². The molecule has 21 heavy (non-hydrogen) atoms. The molecule has 0 aliphatic heterocycles. The molecular formula is C16H18N2O2S. The molecule has 0 saturated heterocycles. The van der Waals surface area contributed by atoms with Gasteiger partial charge in [0.05, 0.1) is 16.3 Å². The van der Waals surface area contributed by atoms with Crippen LogP contribution < -0.4 is 10.0 Å². The third-order valence-electron chi connectivity index (χ3n) is 4.00. The zero-order chi connectivity index (χ0) is 15.0. The maximum Gasteiger partial charge on any atom is 0.264 e. The largest absolute Gasteiger partial charge is 0.397 e. The Labute approximate surface area is 125 Å². The van der Waals surface area contributed by atoms with Crippen LogP contribution in [-0.4, -0.2) is 15.5 Å². The van der Waals surface area contributed by atoms with Crippen LogP contribution in [0.5, 0.6) is 0 Å². The standard InChI is InChI=1S/C16H18N2O2S/c1-18(16-8-3-2-7-15(16)17)21(19,20)14-10-9-12-5-4-6-13(12)11-14/h2-3,7-11H,4-6,17H2,1H3. The van der Waals surface area contributed by atoms with Crippen molar-refractivity contribution in [2.45, 2.75) is 24.2 Å². The summed E-state index contributed by atoms with van der Waals surface area (Å²) in [6.45, 7) is 0. The number of rotatable bonds is 3. The molecule has 0 radical (unpaired) electrons. The SMILES string of the molecule is CN(c1ccccc1N)S(=O)(=O)c1ccc2c(c1)CCC2. The molecule has 110 valence electrons. The summed E-state index contributed by atoms with van der Waals surface area (Å²) in [5, 5.41) is 0. The molecule has 1 aliphatic carbocycles. The van der Waals surface area contributed by atoms with E-state index in [2.05, 4.69) is 0 Å². The van der Waals surface area contributed by atoms with E-state index >= 15 is 0 Å². The number of nitrogens with two attached hydrogens (primary N) is 1. The number of aryl methyl sites for hydroxylation is 2. The molecule has 1 aliphatic rings.